The Hall–Kier alpha value is -2.47. The molecule has 1 heterocycles. The first-order valence-corrected chi connectivity index (χ1v) is 8.49. The average molecular weight is 402 g/mol. The Bertz CT molecular complexity index is 864. The summed E-state index contributed by atoms with van der Waals surface area (Å²) in [6.07, 6.45) is 0. The predicted molar refractivity (Wildman–Crippen MR) is 96.9 cm³/mol. The van der Waals surface area contributed by atoms with Gasteiger partial charge in [0.05, 0.1) is 22.4 Å². The molecule has 0 unspecified atom stereocenters. The average Bonchev–Trinajstić information content (AvgIpc) is 2.78. The van der Waals surface area contributed by atoms with Crippen molar-refractivity contribution < 1.29 is 19.1 Å². The molecule has 25 heavy (non-hydrogen) atoms. The van der Waals surface area contributed by atoms with E-state index in [4.69, 9.17) is 4.74 Å². The zero-order valence-corrected chi connectivity index (χ0v) is 15.6. The van der Waals surface area contributed by atoms with Crippen LogP contribution in [0.1, 0.15) is 51.8 Å². The Morgan fingerprint density at radius 2 is 1.56 bits per heavy atom. The largest absolute Gasteiger partial charge is 0.456 e. The van der Waals surface area contributed by atoms with E-state index in [0.29, 0.717) is 15.6 Å². The van der Waals surface area contributed by atoms with E-state index in [1.165, 1.54) is 0 Å². The van der Waals surface area contributed by atoms with Crippen LogP contribution >= 0.6 is 15.9 Å². The van der Waals surface area contributed by atoms with Crippen molar-refractivity contribution in [3.05, 3.63) is 63.6 Å². The summed E-state index contributed by atoms with van der Waals surface area (Å²) in [6.45, 7) is 5.26. The molecule has 0 bridgehead atoms. The van der Waals surface area contributed by atoms with Gasteiger partial charge in [-0.15, -0.1) is 0 Å². The molecule has 0 radical (unpaired) electrons. The molecule has 0 atom stereocenters. The van der Waals surface area contributed by atoms with Crippen molar-refractivity contribution in [1.82, 2.24) is 0 Å². The van der Waals surface area contributed by atoms with Gasteiger partial charge in [-0.2, -0.15) is 0 Å². The maximum atomic E-state index is 12.7. The number of nitrogens with zero attached hydrogens (tertiary/aromatic N) is 1. The van der Waals surface area contributed by atoms with Crippen LogP contribution in [0.15, 0.2) is 46.9 Å². The van der Waals surface area contributed by atoms with Gasteiger partial charge in [-0.05, 0) is 51.1 Å². The highest BCUT2D eigenvalue weighted by atomic mass is 79.9. The molecule has 2 aromatic rings. The van der Waals surface area contributed by atoms with Crippen molar-refractivity contribution in [2.45, 2.75) is 26.4 Å². The van der Waals surface area contributed by atoms with Gasteiger partial charge in [0.15, 0.2) is 0 Å². The number of anilines is 1. The fraction of sp³-hybridized carbons (Fsp3) is 0.211. The second-order valence-corrected chi connectivity index (χ2v) is 7.57. The SMILES string of the molecule is CC(C)(C)OC(=O)c1cc(Br)ccc1N1C(=O)c2ccccc2C1=O. The van der Waals surface area contributed by atoms with Crippen molar-refractivity contribution in [3.63, 3.8) is 0 Å². The zero-order valence-electron chi connectivity index (χ0n) is 14.0. The van der Waals surface area contributed by atoms with Gasteiger partial charge in [-0.1, -0.05) is 28.1 Å². The van der Waals surface area contributed by atoms with E-state index in [2.05, 4.69) is 15.9 Å². The quantitative estimate of drug-likeness (QED) is 0.558. The van der Waals surface area contributed by atoms with Crippen LogP contribution in [0.4, 0.5) is 5.69 Å². The summed E-state index contributed by atoms with van der Waals surface area (Å²) in [5.41, 5.74) is 0.317. The summed E-state index contributed by atoms with van der Waals surface area (Å²) in [7, 11) is 0. The van der Waals surface area contributed by atoms with Crippen LogP contribution in [-0.4, -0.2) is 23.4 Å². The first-order chi connectivity index (χ1) is 11.7. The van der Waals surface area contributed by atoms with Crippen molar-refractivity contribution >= 4 is 39.4 Å². The monoisotopic (exact) mass is 401 g/mol. The minimum Gasteiger partial charge on any atom is -0.456 e. The third kappa shape index (κ3) is 3.22. The molecule has 5 nitrogen and oxygen atoms in total. The summed E-state index contributed by atoms with van der Waals surface area (Å²) in [5.74, 6) is -1.50. The molecule has 1 aliphatic rings. The molecule has 1 aliphatic heterocycles. The lowest BCUT2D eigenvalue weighted by Gasteiger charge is -2.22. The lowest BCUT2D eigenvalue weighted by molar-refractivity contribution is 0.00705. The van der Waals surface area contributed by atoms with Gasteiger partial charge in [0.1, 0.15) is 5.60 Å². The fourth-order valence-corrected chi connectivity index (χ4v) is 2.97. The number of benzene rings is 2. The molecule has 0 saturated carbocycles. The molecule has 0 aliphatic carbocycles. The third-order valence-corrected chi connectivity index (χ3v) is 4.11. The second kappa shape index (κ2) is 6.11. The molecule has 0 aromatic heterocycles. The van der Waals surface area contributed by atoms with Gasteiger partial charge >= 0.3 is 5.97 Å². The number of esters is 1. The number of hydrogen-bond acceptors (Lipinski definition) is 4. The number of rotatable bonds is 2. The van der Waals surface area contributed by atoms with E-state index in [-0.39, 0.29) is 11.3 Å². The first kappa shape index (κ1) is 17.4. The highest BCUT2D eigenvalue weighted by Gasteiger charge is 2.38. The Labute approximate surface area is 153 Å². The Kier molecular flexibility index (Phi) is 4.24. The molecule has 3 rings (SSSR count). The summed E-state index contributed by atoms with van der Waals surface area (Å²) in [4.78, 5) is 39.0. The molecule has 2 aromatic carbocycles. The van der Waals surface area contributed by atoms with Crippen molar-refractivity contribution in [1.29, 1.82) is 0 Å². The van der Waals surface area contributed by atoms with Crippen molar-refractivity contribution in [2.75, 3.05) is 4.90 Å². The molecule has 0 N–H and O–H groups in total. The third-order valence-electron chi connectivity index (χ3n) is 3.61. The second-order valence-electron chi connectivity index (χ2n) is 6.65. The van der Waals surface area contributed by atoms with Crippen LogP contribution < -0.4 is 4.90 Å². The number of halogens is 1. The minimum absolute atomic E-state index is 0.152. The highest BCUT2D eigenvalue weighted by molar-refractivity contribution is 9.10. The predicted octanol–water partition coefficient (Wildman–Crippen LogP) is 4.21. The van der Waals surface area contributed by atoms with Crippen LogP contribution in [0.2, 0.25) is 0 Å². The number of ether oxygens (including phenoxy) is 1. The molecule has 128 valence electrons. The first-order valence-electron chi connectivity index (χ1n) is 7.70. The molecular formula is C19H16BrNO4. The van der Waals surface area contributed by atoms with Crippen LogP contribution in [-0.2, 0) is 4.74 Å². The summed E-state index contributed by atoms with van der Waals surface area (Å²) in [5, 5.41) is 0. The lowest BCUT2D eigenvalue weighted by Crippen LogP contribution is -2.32. The molecule has 0 fully saturated rings. The zero-order chi connectivity index (χ0) is 18.4. The van der Waals surface area contributed by atoms with Crippen LogP contribution in [0.3, 0.4) is 0 Å². The molecule has 6 heteroatoms. The van der Waals surface area contributed by atoms with Crippen LogP contribution in [0.5, 0.6) is 0 Å². The maximum absolute atomic E-state index is 12.7. The molecule has 2 amide bonds. The summed E-state index contributed by atoms with van der Waals surface area (Å²) in [6, 6.07) is 11.4. The normalized spacial score (nSPS) is 13.8. The van der Waals surface area contributed by atoms with Gasteiger partial charge in [0.2, 0.25) is 0 Å². The molecule has 0 saturated heterocycles. The number of hydrogen-bond donors (Lipinski definition) is 0. The van der Waals surface area contributed by atoms with Crippen molar-refractivity contribution in [3.8, 4) is 0 Å². The van der Waals surface area contributed by atoms with E-state index in [1.807, 2.05) is 0 Å². The van der Waals surface area contributed by atoms with Gasteiger partial charge in [0.25, 0.3) is 11.8 Å². The smallest absolute Gasteiger partial charge is 0.340 e. The Morgan fingerprint density at radius 3 is 2.08 bits per heavy atom. The lowest BCUT2D eigenvalue weighted by atomic mass is 10.1. The Morgan fingerprint density at radius 1 is 1.00 bits per heavy atom. The van der Waals surface area contributed by atoms with Crippen molar-refractivity contribution in [2.24, 2.45) is 0 Å². The van der Waals surface area contributed by atoms with E-state index < -0.39 is 23.4 Å². The van der Waals surface area contributed by atoms with E-state index in [1.54, 1.807) is 63.2 Å². The van der Waals surface area contributed by atoms with Gasteiger partial charge in [-0.25, -0.2) is 9.69 Å². The maximum Gasteiger partial charge on any atom is 0.340 e. The number of carbonyl (C=O) groups is 3. The standard InChI is InChI=1S/C19H16BrNO4/c1-19(2,3)25-18(24)14-10-11(20)8-9-15(14)21-16(22)12-6-4-5-7-13(12)17(21)23/h4-10H,1-3H3. The fourth-order valence-electron chi connectivity index (χ4n) is 2.61. The number of imide groups is 1. The van der Waals surface area contributed by atoms with E-state index in [0.717, 1.165) is 4.90 Å². The van der Waals surface area contributed by atoms with Crippen LogP contribution in [0.25, 0.3) is 0 Å². The van der Waals surface area contributed by atoms with E-state index in [9.17, 15) is 14.4 Å². The minimum atomic E-state index is -0.696. The molecular weight excluding hydrogens is 386 g/mol. The summed E-state index contributed by atoms with van der Waals surface area (Å²) < 4.78 is 6.06. The van der Waals surface area contributed by atoms with Crippen LogP contribution in [0, 0.1) is 0 Å². The Balaban J connectivity index is 2.09. The van der Waals surface area contributed by atoms with E-state index >= 15 is 0 Å². The number of carbonyl (C=O) groups excluding carboxylic acids is 3. The molecule has 0 spiro atoms. The van der Waals surface area contributed by atoms with Gasteiger partial charge in [0, 0.05) is 4.47 Å². The van der Waals surface area contributed by atoms with Gasteiger partial charge < -0.3 is 4.74 Å². The summed E-state index contributed by atoms with van der Waals surface area (Å²) >= 11 is 3.32. The van der Waals surface area contributed by atoms with Gasteiger partial charge in [-0.3, -0.25) is 9.59 Å². The highest BCUT2D eigenvalue weighted by Crippen LogP contribution is 2.33. The number of fused-ring (bicyclic) bond motifs is 1. The number of amides is 2. The topological polar surface area (TPSA) is 63.7 Å².